The van der Waals surface area contributed by atoms with Gasteiger partial charge in [-0.1, -0.05) is 72.3 Å². The number of hydrogen-bond donors (Lipinski definition) is 1. The highest BCUT2D eigenvalue weighted by molar-refractivity contribution is 5.79. The van der Waals surface area contributed by atoms with Gasteiger partial charge in [0.25, 0.3) is 0 Å². The number of ether oxygens (including phenoxy) is 1. The molecule has 144 valence electrons. The van der Waals surface area contributed by atoms with Crippen molar-refractivity contribution in [2.75, 3.05) is 0 Å². The summed E-state index contributed by atoms with van der Waals surface area (Å²) in [6.45, 7) is -0.874. The summed E-state index contributed by atoms with van der Waals surface area (Å²) in [5.74, 6) is -0.0397. The standard InChI is InChI=1S/C23H21F2NO2/c1-16-7-9-17(10-8-16)15-21(27)26-22(18-5-3-2-4-6-18)19-11-13-20(14-12-19)28-23(24)25/h2-14,22-23H,15H2,1H3,(H,26,27). The molecule has 0 aliphatic rings. The lowest BCUT2D eigenvalue weighted by Gasteiger charge is -2.20. The number of rotatable bonds is 7. The van der Waals surface area contributed by atoms with Gasteiger partial charge >= 0.3 is 6.61 Å². The number of carbonyl (C=O) groups excluding carboxylic acids is 1. The van der Waals surface area contributed by atoms with Gasteiger partial charge in [0.2, 0.25) is 5.91 Å². The van der Waals surface area contributed by atoms with E-state index < -0.39 is 6.61 Å². The lowest BCUT2D eigenvalue weighted by molar-refractivity contribution is -0.120. The van der Waals surface area contributed by atoms with Gasteiger partial charge in [-0.3, -0.25) is 4.79 Å². The minimum Gasteiger partial charge on any atom is -0.435 e. The number of benzene rings is 3. The number of aryl methyl sites for hydroxylation is 1. The molecule has 3 aromatic carbocycles. The predicted molar refractivity (Wildman–Crippen MR) is 104 cm³/mol. The van der Waals surface area contributed by atoms with Crippen LogP contribution in [0.5, 0.6) is 5.75 Å². The lowest BCUT2D eigenvalue weighted by atomic mass is 9.98. The first-order valence-electron chi connectivity index (χ1n) is 8.96. The van der Waals surface area contributed by atoms with E-state index in [1.165, 1.54) is 12.1 Å². The van der Waals surface area contributed by atoms with E-state index in [0.717, 1.165) is 22.3 Å². The SMILES string of the molecule is Cc1ccc(CC(=O)NC(c2ccccc2)c2ccc(OC(F)F)cc2)cc1. The Hall–Kier alpha value is -3.21. The van der Waals surface area contributed by atoms with Crippen molar-refractivity contribution in [1.29, 1.82) is 0 Å². The Bertz CT molecular complexity index is 894. The zero-order valence-electron chi connectivity index (χ0n) is 15.4. The van der Waals surface area contributed by atoms with Gasteiger partial charge in [-0.25, -0.2) is 0 Å². The van der Waals surface area contributed by atoms with Gasteiger partial charge in [0.05, 0.1) is 12.5 Å². The van der Waals surface area contributed by atoms with Crippen LogP contribution in [0.3, 0.4) is 0 Å². The van der Waals surface area contributed by atoms with Crippen molar-refractivity contribution in [2.45, 2.75) is 26.0 Å². The fourth-order valence-corrected chi connectivity index (χ4v) is 2.95. The Morgan fingerprint density at radius 3 is 2.11 bits per heavy atom. The molecule has 1 unspecified atom stereocenters. The zero-order valence-corrected chi connectivity index (χ0v) is 15.4. The van der Waals surface area contributed by atoms with Crippen molar-refractivity contribution >= 4 is 5.91 Å². The number of hydrogen-bond acceptors (Lipinski definition) is 2. The molecule has 3 nitrogen and oxygen atoms in total. The molecular formula is C23H21F2NO2. The second kappa shape index (κ2) is 9.13. The molecule has 0 aromatic heterocycles. The first-order valence-corrected chi connectivity index (χ1v) is 8.96. The summed E-state index contributed by atoms with van der Waals surface area (Å²) in [5.41, 5.74) is 3.75. The molecule has 1 amide bonds. The molecule has 1 atom stereocenters. The largest absolute Gasteiger partial charge is 0.435 e. The van der Waals surface area contributed by atoms with Gasteiger partial charge in [0, 0.05) is 0 Å². The molecule has 1 N–H and O–H groups in total. The van der Waals surface area contributed by atoms with Crippen LogP contribution in [0.25, 0.3) is 0 Å². The van der Waals surface area contributed by atoms with E-state index in [0.29, 0.717) is 0 Å². The van der Waals surface area contributed by atoms with Gasteiger partial charge in [0.15, 0.2) is 0 Å². The van der Waals surface area contributed by atoms with E-state index in [2.05, 4.69) is 10.1 Å². The molecular weight excluding hydrogens is 360 g/mol. The third-order valence-electron chi connectivity index (χ3n) is 4.36. The minimum atomic E-state index is -2.87. The van der Waals surface area contributed by atoms with Crippen molar-refractivity contribution < 1.29 is 18.3 Å². The number of carbonyl (C=O) groups is 1. The van der Waals surface area contributed by atoms with Crippen LogP contribution in [-0.4, -0.2) is 12.5 Å². The fraction of sp³-hybridized carbons (Fsp3) is 0.174. The minimum absolute atomic E-state index is 0.0801. The van der Waals surface area contributed by atoms with Crippen LogP contribution in [0, 0.1) is 6.92 Å². The average molecular weight is 381 g/mol. The Labute approximate surface area is 163 Å². The molecule has 0 saturated carbocycles. The van der Waals surface area contributed by atoms with Crippen molar-refractivity contribution in [3.63, 3.8) is 0 Å². The van der Waals surface area contributed by atoms with Crippen LogP contribution in [0.1, 0.15) is 28.3 Å². The van der Waals surface area contributed by atoms with Crippen LogP contribution in [0.4, 0.5) is 8.78 Å². The highest BCUT2D eigenvalue weighted by Gasteiger charge is 2.17. The zero-order chi connectivity index (χ0) is 19.9. The maximum absolute atomic E-state index is 12.6. The van der Waals surface area contributed by atoms with Crippen molar-refractivity contribution in [1.82, 2.24) is 5.32 Å². The molecule has 28 heavy (non-hydrogen) atoms. The lowest BCUT2D eigenvalue weighted by Crippen LogP contribution is -2.30. The normalized spacial score (nSPS) is 11.9. The summed E-state index contributed by atoms with van der Waals surface area (Å²) < 4.78 is 29.1. The topological polar surface area (TPSA) is 38.3 Å². The van der Waals surface area contributed by atoms with Crippen molar-refractivity contribution in [3.05, 3.63) is 101 Å². The van der Waals surface area contributed by atoms with Gasteiger partial charge in [-0.2, -0.15) is 8.78 Å². The Balaban J connectivity index is 1.79. The van der Waals surface area contributed by atoms with Crippen LogP contribution in [0.2, 0.25) is 0 Å². The quantitative estimate of drug-likeness (QED) is 0.622. The van der Waals surface area contributed by atoms with Gasteiger partial charge in [-0.15, -0.1) is 0 Å². The smallest absolute Gasteiger partial charge is 0.387 e. The average Bonchev–Trinajstić information content (AvgIpc) is 2.69. The maximum atomic E-state index is 12.6. The molecule has 0 saturated heterocycles. The molecule has 0 heterocycles. The molecule has 0 aliphatic heterocycles. The van der Waals surface area contributed by atoms with Crippen LogP contribution in [0.15, 0.2) is 78.9 Å². The molecule has 3 rings (SSSR count). The molecule has 0 radical (unpaired) electrons. The van der Waals surface area contributed by atoms with Crippen molar-refractivity contribution in [2.24, 2.45) is 0 Å². The number of nitrogens with one attached hydrogen (secondary N) is 1. The van der Waals surface area contributed by atoms with Crippen LogP contribution < -0.4 is 10.1 Å². The van der Waals surface area contributed by atoms with E-state index in [1.807, 2.05) is 61.5 Å². The number of halogens is 2. The van der Waals surface area contributed by atoms with Crippen LogP contribution >= 0.6 is 0 Å². The third kappa shape index (κ3) is 5.39. The predicted octanol–water partition coefficient (Wildman–Crippen LogP) is 5.04. The summed E-state index contributed by atoms with van der Waals surface area (Å²) in [6, 6.07) is 23.3. The first kappa shape index (κ1) is 19.5. The summed E-state index contributed by atoms with van der Waals surface area (Å²) in [7, 11) is 0. The van der Waals surface area contributed by atoms with Gasteiger partial charge in [-0.05, 0) is 35.7 Å². The Morgan fingerprint density at radius 2 is 1.50 bits per heavy atom. The summed E-state index contributed by atoms with van der Waals surface area (Å²) in [6.07, 6.45) is 0.260. The number of alkyl halides is 2. The fourth-order valence-electron chi connectivity index (χ4n) is 2.95. The van der Waals surface area contributed by atoms with E-state index in [-0.39, 0.29) is 24.1 Å². The van der Waals surface area contributed by atoms with Crippen LogP contribution in [-0.2, 0) is 11.2 Å². The van der Waals surface area contributed by atoms with E-state index in [1.54, 1.807) is 12.1 Å². The Morgan fingerprint density at radius 1 is 0.893 bits per heavy atom. The second-order valence-corrected chi connectivity index (χ2v) is 6.52. The number of amides is 1. The first-order chi connectivity index (χ1) is 13.5. The summed E-state index contributed by atoms with van der Waals surface area (Å²) in [4.78, 5) is 12.6. The van der Waals surface area contributed by atoms with Gasteiger partial charge in [0.1, 0.15) is 5.75 Å². The highest BCUT2D eigenvalue weighted by Crippen LogP contribution is 2.25. The Kier molecular flexibility index (Phi) is 6.37. The van der Waals surface area contributed by atoms with Gasteiger partial charge < -0.3 is 10.1 Å². The van der Waals surface area contributed by atoms with Crippen molar-refractivity contribution in [3.8, 4) is 5.75 Å². The molecule has 0 fully saturated rings. The third-order valence-corrected chi connectivity index (χ3v) is 4.36. The second-order valence-electron chi connectivity index (χ2n) is 6.52. The summed E-state index contributed by atoms with van der Waals surface area (Å²) >= 11 is 0. The van der Waals surface area contributed by atoms with E-state index in [9.17, 15) is 13.6 Å². The van der Waals surface area contributed by atoms with E-state index in [4.69, 9.17) is 0 Å². The molecule has 0 bridgehead atoms. The highest BCUT2D eigenvalue weighted by atomic mass is 19.3. The molecule has 0 spiro atoms. The molecule has 3 aromatic rings. The molecule has 0 aliphatic carbocycles. The molecule has 5 heteroatoms. The summed E-state index contributed by atoms with van der Waals surface area (Å²) in [5, 5.41) is 3.05. The van der Waals surface area contributed by atoms with E-state index >= 15 is 0 Å². The monoisotopic (exact) mass is 381 g/mol. The maximum Gasteiger partial charge on any atom is 0.387 e.